The highest BCUT2D eigenvalue weighted by atomic mass is 32.2. The summed E-state index contributed by atoms with van der Waals surface area (Å²) in [6, 6.07) is 12.3. The summed E-state index contributed by atoms with van der Waals surface area (Å²) in [4.78, 5) is 0.354. The highest BCUT2D eigenvalue weighted by Crippen LogP contribution is 2.20. The van der Waals surface area contributed by atoms with Crippen LogP contribution in [-0.2, 0) is 9.84 Å². The zero-order chi connectivity index (χ0) is 14.0. The van der Waals surface area contributed by atoms with Crippen LogP contribution < -0.4 is 5.46 Å². The molecular weight excluding hydrogens is 263 g/mol. The minimum atomic E-state index is -3.57. The van der Waals surface area contributed by atoms with Gasteiger partial charge >= 0.3 is 7.12 Å². The second-order valence-electron chi connectivity index (χ2n) is 4.21. The molecule has 2 aromatic rings. The van der Waals surface area contributed by atoms with Crippen molar-refractivity contribution in [3.63, 3.8) is 0 Å². The fraction of sp³-hybridized carbons (Fsp3) is 0.0769. The lowest BCUT2D eigenvalue weighted by Gasteiger charge is -2.09. The summed E-state index contributed by atoms with van der Waals surface area (Å²) in [7, 11) is -5.17. The lowest BCUT2D eigenvalue weighted by molar-refractivity contribution is 0.425. The minimum absolute atomic E-state index is 0.139. The highest BCUT2D eigenvalue weighted by molar-refractivity contribution is 7.91. The molecule has 19 heavy (non-hydrogen) atoms. The third-order valence-electron chi connectivity index (χ3n) is 2.88. The van der Waals surface area contributed by atoms with Gasteiger partial charge in [-0.1, -0.05) is 29.8 Å². The summed E-state index contributed by atoms with van der Waals surface area (Å²) < 4.78 is 24.7. The van der Waals surface area contributed by atoms with Gasteiger partial charge in [-0.25, -0.2) is 8.42 Å². The molecule has 0 heterocycles. The molecule has 0 fully saturated rings. The predicted molar refractivity (Wildman–Crippen MR) is 72.9 cm³/mol. The molecule has 0 aliphatic carbocycles. The van der Waals surface area contributed by atoms with Gasteiger partial charge in [0.1, 0.15) is 0 Å². The maximum absolute atomic E-state index is 12.3. The van der Waals surface area contributed by atoms with Crippen molar-refractivity contribution >= 4 is 22.4 Å². The summed E-state index contributed by atoms with van der Waals surface area (Å²) >= 11 is 0. The number of benzene rings is 2. The Kier molecular flexibility index (Phi) is 3.75. The molecule has 0 aliphatic heterocycles. The van der Waals surface area contributed by atoms with Gasteiger partial charge in [-0.3, -0.25) is 0 Å². The monoisotopic (exact) mass is 276 g/mol. The Morgan fingerprint density at radius 2 is 1.58 bits per heavy atom. The van der Waals surface area contributed by atoms with E-state index in [4.69, 9.17) is 10.0 Å². The Morgan fingerprint density at radius 1 is 0.947 bits per heavy atom. The predicted octanol–water partition coefficient (Wildman–Crippen LogP) is 0.508. The zero-order valence-corrected chi connectivity index (χ0v) is 11.1. The molecule has 0 aromatic heterocycles. The second kappa shape index (κ2) is 5.17. The third kappa shape index (κ3) is 2.70. The van der Waals surface area contributed by atoms with Crippen LogP contribution in [0, 0.1) is 6.92 Å². The van der Waals surface area contributed by atoms with Crippen LogP contribution in [0.2, 0.25) is 0 Å². The number of rotatable bonds is 3. The van der Waals surface area contributed by atoms with Crippen LogP contribution in [-0.4, -0.2) is 25.6 Å². The van der Waals surface area contributed by atoms with E-state index in [1.165, 1.54) is 30.3 Å². The quantitative estimate of drug-likeness (QED) is 0.801. The average molecular weight is 276 g/mol. The molecule has 6 heteroatoms. The van der Waals surface area contributed by atoms with Gasteiger partial charge in [0, 0.05) is 0 Å². The first-order chi connectivity index (χ1) is 8.93. The summed E-state index contributed by atoms with van der Waals surface area (Å²) in [6.45, 7) is 1.64. The Labute approximate surface area is 112 Å². The molecule has 4 nitrogen and oxygen atoms in total. The molecule has 0 amide bonds. The molecular formula is C13H13BO4S. The Bertz CT molecular complexity index is 681. The van der Waals surface area contributed by atoms with Crippen LogP contribution >= 0.6 is 0 Å². The van der Waals surface area contributed by atoms with E-state index in [1.54, 1.807) is 25.1 Å². The van der Waals surface area contributed by atoms with Crippen molar-refractivity contribution in [2.75, 3.05) is 0 Å². The SMILES string of the molecule is Cc1cc(S(=O)(=O)c2ccccc2)ccc1B(O)O. The van der Waals surface area contributed by atoms with Gasteiger partial charge < -0.3 is 10.0 Å². The van der Waals surface area contributed by atoms with Gasteiger partial charge in [-0.05, 0) is 36.7 Å². The van der Waals surface area contributed by atoms with Crippen LogP contribution in [0.15, 0.2) is 58.3 Å². The van der Waals surface area contributed by atoms with E-state index in [9.17, 15) is 8.42 Å². The Hall–Kier alpha value is -1.63. The smallest absolute Gasteiger partial charge is 0.423 e. The zero-order valence-electron chi connectivity index (χ0n) is 10.3. The number of sulfone groups is 1. The van der Waals surface area contributed by atoms with Crippen LogP contribution in [0.3, 0.4) is 0 Å². The van der Waals surface area contributed by atoms with Crippen molar-refractivity contribution in [2.45, 2.75) is 16.7 Å². The number of aryl methyl sites for hydroxylation is 1. The molecule has 98 valence electrons. The summed E-state index contributed by atoms with van der Waals surface area (Å²) in [5.74, 6) is 0. The molecule has 0 bridgehead atoms. The van der Waals surface area contributed by atoms with Gasteiger partial charge in [0.05, 0.1) is 9.79 Å². The molecule has 2 N–H and O–H groups in total. The van der Waals surface area contributed by atoms with E-state index >= 15 is 0 Å². The number of hydrogen-bond donors (Lipinski definition) is 2. The molecule has 0 atom stereocenters. The van der Waals surface area contributed by atoms with Gasteiger partial charge in [0.2, 0.25) is 9.84 Å². The molecule has 2 rings (SSSR count). The fourth-order valence-electron chi connectivity index (χ4n) is 1.84. The number of hydrogen-bond acceptors (Lipinski definition) is 4. The summed E-state index contributed by atoms with van der Waals surface area (Å²) in [6.07, 6.45) is 0. The van der Waals surface area contributed by atoms with Crippen LogP contribution in [0.5, 0.6) is 0 Å². The van der Waals surface area contributed by atoms with E-state index in [1.807, 2.05) is 0 Å². The standard InChI is InChI=1S/C13H13BO4S/c1-10-9-12(7-8-13(10)14(15)16)19(17,18)11-5-3-2-4-6-11/h2-9,15-16H,1H3. The van der Waals surface area contributed by atoms with Gasteiger partial charge in [-0.2, -0.15) is 0 Å². The normalized spacial score (nSPS) is 11.3. The van der Waals surface area contributed by atoms with Crippen molar-refractivity contribution < 1.29 is 18.5 Å². The first kappa shape index (κ1) is 13.8. The van der Waals surface area contributed by atoms with Gasteiger partial charge in [0.15, 0.2) is 0 Å². The second-order valence-corrected chi connectivity index (χ2v) is 6.16. The van der Waals surface area contributed by atoms with Gasteiger partial charge in [-0.15, -0.1) is 0 Å². The molecule has 2 aromatic carbocycles. The molecule has 0 radical (unpaired) electrons. The molecule has 0 saturated heterocycles. The van der Waals surface area contributed by atoms with Crippen molar-refractivity contribution in [3.05, 3.63) is 54.1 Å². The van der Waals surface area contributed by atoms with Crippen molar-refractivity contribution in [1.29, 1.82) is 0 Å². The van der Waals surface area contributed by atoms with Gasteiger partial charge in [0.25, 0.3) is 0 Å². The molecule has 0 spiro atoms. The maximum Gasteiger partial charge on any atom is 0.488 e. The Morgan fingerprint density at radius 3 is 2.11 bits per heavy atom. The van der Waals surface area contributed by atoms with Crippen LogP contribution in [0.4, 0.5) is 0 Å². The molecule has 0 saturated carbocycles. The van der Waals surface area contributed by atoms with Crippen LogP contribution in [0.1, 0.15) is 5.56 Å². The summed E-state index contributed by atoms with van der Waals surface area (Å²) in [5.41, 5.74) is 0.819. The third-order valence-corrected chi connectivity index (χ3v) is 4.65. The lowest BCUT2D eigenvalue weighted by atomic mass is 9.77. The fourth-order valence-corrected chi connectivity index (χ4v) is 3.21. The molecule has 0 unspecified atom stereocenters. The van der Waals surface area contributed by atoms with E-state index in [2.05, 4.69) is 0 Å². The van der Waals surface area contributed by atoms with Crippen LogP contribution in [0.25, 0.3) is 0 Å². The van der Waals surface area contributed by atoms with Crippen molar-refractivity contribution in [2.24, 2.45) is 0 Å². The molecule has 0 aliphatic rings. The average Bonchev–Trinajstić information content (AvgIpc) is 2.39. The van der Waals surface area contributed by atoms with E-state index in [0.717, 1.165) is 0 Å². The van der Waals surface area contributed by atoms with Crippen molar-refractivity contribution in [1.82, 2.24) is 0 Å². The first-order valence-electron chi connectivity index (χ1n) is 5.70. The van der Waals surface area contributed by atoms with Crippen molar-refractivity contribution in [3.8, 4) is 0 Å². The Balaban J connectivity index is 2.51. The minimum Gasteiger partial charge on any atom is -0.423 e. The topological polar surface area (TPSA) is 74.6 Å². The largest absolute Gasteiger partial charge is 0.488 e. The highest BCUT2D eigenvalue weighted by Gasteiger charge is 2.20. The van der Waals surface area contributed by atoms with E-state index in [0.29, 0.717) is 11.0 Å². The summed E-state index contributed by atoms with van der Waals surface area (Å²) in [5, 5.41) is 18.2. The lowest BCUT2D eigenvalue weighted by Crippen LogP contribution is -2.32. The van der Waals surface area contributed by atoms with E-state index in [-0.39, 0.29) is 9.79 Å². The first-order valence-corrected chi connectivity index (χ1v) is 7.18. The van der Waals surface area contributed by atoms with E-state index < -0.39 is 17.0 Å². The maximum atomic E-state index is 12.3.